The molecule has 1 aliphatic rings. The predicted molar refractivity (Wildman–Crippen MR) is 115 cm³/mol. The van der Waals surface area contributed by atoms with Crippen LogP contribution in [-0.4, -0.2) is 38.9 Å². The second kappa shape index (κ2) is 9.16. The van der Waals surface area contributed by atoms with Gasteiger partial charge in [-0.3, -0.25) is 9.69 Å². The zero-order chi connectivity index (χ0) is 21.0. The van der Waals surface area contributed by atoms with Gasteiger partial charge in [-0.1, -0.05) is 30.7 Å². The molecule has 1 unspecified atom stereocenters. The molecule has 0 radical (unpaired) electrons. The number of piperidine rings is 1. The average molecular weight is 445 g/mol. The summed E-state index contributed by atoms with van der Waals surface area (Å²) in [5, 5.41) is 4.74. The minimum absolute atomic E-state index is 0.00641. The Hall–Kier alpha value is -2.42. The van der Waals surface area contributed by atoms with E-state index >= 15 is 0 Å². The third kappa shape index (κ3) is 4.50. The average Bonchev–Trinajstić information content (AvgIpc) is 3.48. The lowest BCUT2D eigenvalue weighted by molar-refractivity contribution is 0.0893. The first-order valence-corrected chi connectivity index (χ1v) is 12.4. The van der Waals surface area contributed by atoms with E-state index in [4.69, 9.17) is 4.42 Å². The summed E-state index contributed by atoms with van der Waals surface area (Å²) in [6.07, 6.45) is 3.56. The van der Waals surface area contributed by atoms with Gasteiger partial charge in [0.15, 0.2) is 5.76 Å². The minimum Gasteiger partial charge on any atom is -0.439 e. The van der Waals surface area contributed by atoms with Crippen molar-refractivity contribution in [2.24, 2.45) is 0 Å². The van der Waals surface area contributed by atoms with E-state index in [1.54, 1.807) is 29.5 Å². The van der Waals surface area contributed by atoms with Crippen LogP contribution in [0.4, 0.5) is 0 Å². The fraction of sp³-hybridized carbons (Fsp3) is 0.318. The van der Waals surface area contributed by atoms with Gasteiger partial charge in [-0.25, -0.2) is 8.42 Å². The van der Waals surface area contributed by atoms with Crippen LogP contribution in [0.25, 0.3) is 0 Å². The van der Waals surface area contributed by atoms with Crippen LogP contribution in [0.1, 0.15) is 40.7 Å². The Labute approximate surface area is 180 Å². The van der Waals surface area contributed by atoms with Crippen LogP contribution in [0.15, 0.2) is 74.4 Å². The number of nitrogens with one attached hydrogen (secondary N) is 1. The van der Waals surface area contributed by atoms with E-state index in [9.17, 15) is 13.2 Å². The standard InChI is InChI=1S/C22H24N2O4S2/c25-22(19-11-12-21(28-19)30(26,27)17-8-3-1-4-9-17)23-16-18(20-10-7-15-29-20)24-13-5-2-6-14-24/h1,3-4,7-12,15,18H,2,5-6,13-14,16H2,(H,23,25). The van der Waals surface area contributed by atoms with E-state index in [1.165, 1.54) is 35.6 Å². The molecule has 0 bridgehead atoms. The van der Waals surface area contributed by atoms with Crippen molar-refractivity contribution in [1.29, 1.82) is 0 Å². The van der Waals surface area contributed by atoms with Crippen molar-refractivity contribution in [1.82, 2.24) is 10.2 Å². The summed E-state index contributed by atoms with van der Waals surface area (Å²) in [6.45, 7) is 2.47. The first-order chi connectivity index (χ1) is 14.6. The van der Waals surface area contributed by atoms with Gasteiger partial charge in [-0.15, -0.1) is 11.3 Å². The third-order valence-corrected chi connectivity index (χ3v) is 7.90. The lowest BCUT2D eigenvalue weighted by Gasteiger charge is -2.34. The summed E-state index contributed by atoms with van der Waals surface area (Å²) in [6, 6.07) is 15.0. The SMILES string of the molecule is O=C(NCC(c1cccs1)N1CCCCC1)c1ccc(S(=O)(=O)c2ccccc2)o1. The molecular formula is C22H24N2O4S2. The van der Waals surface area contributed by atoms with Crippen LogP contribution in [0.3, 0.4) is 0 Å². The quantitative estimate of drug-likeness (QED) is 0.593. The molecule has 30 heavy (non-hydrogen) atoms. The third-order valence-electron chi connectivity index (χ3n) is 5.28. The Bertz CT molecular complexity index is 1070. The van der Waals surface area contributed by atoms with Crippen LogP contribution < -0.4 is 5.32 Å². The molecule has 1 aromatic carbocycles. The first-order valence-electron chi connectivity index (χ1n) is 10.0. The highest BCUT2D eigenvalue weighted by Crippen LogP contribution is 2.28. The Kier molecular flexibility index (Phi) is 6.36. The number of hydrogen-bond donors (Lipinski definition) is 1. The number of carbonyl (C=O) groups is 1. The summed E-state index contributed by atoms with van der Waals surface area (Å²) < 4.78 is 30.8. The van der Waals surface area contributed by atoms with Gasteiger partial charge in [0, 0.05) is 11.4 Å². The molecule has 0 aliphatic carbocycles. The number of likely N-dealkylation sites (tertiary alicyclic amines) is 1. The van der Waals surface area contributed by atoms with Crippen LogP contribution in [0.2, 0.25) is 0 Å². The maximum atomic E-state index is 12.7. The van der Waals surface area contributed by atoms with Crippen molar-refractivity contribution in [3.63, 3.8) is 0 Å². The van der Waals surface area contributed by atoms with Crippen molar-refractivity contribution in [3.8, 4) is 0 Å². The highest BCUT2D eigenvalue weighted by atomic mass is 32.2. The molecule has 3 heterocycles. The number of nitrogens with zero attached hydrogens (tertiary/aromatic N) is 1. The van der Waals surface area contributed by atoms with E-state index in [2.05, 4.69) is 16.3 Å². The van der Waals surface area contributed by atoms with E-state index < -0.39 is 15.7 Å². The van der Waals surface area contributed by atoms with E-state index in [-0.39, 0.29) is 21.8 Å². The van der Waals surface area contributed by atoms with Gasteiger partial charge in [0.2, 0.25) is 14.9 Å². The van der Waals surface area contributed by atoms with Crippen LogP contribution in [0.5, 0.6) is 0 Å². The molecule has 158 valence electrons. The summed E-state index contributed by atoms with van der Waals surface area (Å²) in [4.78, 5) is 16.4. The summed E-state index contributed by atoms with van der Waals surface area (Å²) >= 11 is 1.68. The zero-order valence-electron chi connectivity index (χ0n) is 16.5. The maximum absolute atomic E-state index is 12.7. The monoisotopic (exact) mass is 444 g/mol. The first kappa shape index (κ1) is 20.8. The molecule has 1 amide bonds. The molecule has 6 nitrogen and oxygen atoms in total. The normalized spacial score (nSPS) is 16.3. The van der Waals surface area contributed by atoms with Crippen molar-refractivity contribution in [3.05, 3.63) is 70.6 Å². The molecule has 2 aromatic heterocycles. The maximum Gasteiger partial charge on any atom is 0.287 e. The summed E-state index contributed by atoms with van der Waals surface area (Å²) in [5.41, 5.74) is 0. The second-order valence-corrected chi connectivity index (χ2v) is 10.1. The smallest absolute Gasteiger partial charge is 0.287 e. The molecule has 8 heteroatoms. The molecule has 1 saturated heterocycles. The molecule has 3 aromatic rings. The van der Waals surface area contributed by atoms with Gasteiger partial charge in [-0.05, 0) is 61.6 Å². The Balaban J connectivity index is 1.46. The minimum atomic E-state index is -3.79. The van der Waals surface area contributed by atoms with Crippen LogP contribution in [-0.2, 0) is 9.84 Å². The van der Waals surface area contributed by atoms with Gasteiger partial charge in [0.1, 0.15) is 0 Å². The Morgan fingerprint density at radius 1 is 1.03 bits per heavy atom. The molecule has 1 aliphatic heterocycles. The number of carbonyl (C=O) groups excluding carboxylic acids is 1. The molecule has 1 N–H and O–H groups in total. The number of rotatable bonds is 7. The van der Waals surface area contributed by atoms with Crippen LogP contribution >= 0.6 is 11.3 Å². The fourth-order valence-corrected chi connectivity index (χ4v) is 5.75. The Morgan fingerprint density at radius 2 is 1.80 bits per heavy atom. The van der Waals surface area contributed by atoms with Crippen molar-refractivity contribution >= 4 is 27.1 Å². The van der Waals surface area contributed by atoms with Gasteiger partial charge >= 0.3 is 0 Å². The van der Waals surface area contributed by atoms with Crippen molar-refractivity contribution in [2.75, 3.05) is 19.6 Å². The lowest BCUT2D eigenvalue weighted by Crippen LogP contribution is -2.40. The van der Waals surface area contributed by atoms with Gasteiger partial charge < -0.3 is 9.73 Å². The van der Waals surface area contributed by atoms with Crippen molar-refractivity contribution in [2.45, 2.75) is 35.3 Å². The van der Waals surface area contributed by atoms with Gasteiger partial charge in [-0.2, -0.15) is 0 Å². The number of amides is 1. The molecule has 0 spiro atoms. The largest absolute Gasteiger partial charge is 0.439 e. The molecule has 1 fully saturated rings. The number of hydrogen-bond acceptors (Lipinski definition) is 6. The highest BCUT2D eigenvalue weighted by molar-refractivity contribution is 7.91. The molecular weight excluding hydrogens is 420 g/mol. The predicted octanol–water partition coefficient (Wildman–Crippen LogP) is 4.13. The fourth-order valence-electron chi connectivity index (χ4n) is 3.70. The highest BCUT2D eigenvalue weighted by Gasteiger charge is 2.26. The summed E-state index contributed by atoms with van der Waals surface area (Å²) in [7, 11) is -3.79. The van der Waals surface area contributed by atoms with Gasteiger partial charge in [0.25, 0.3) is 5.91 Å². The van der Waals surface area contributed by atoms with E-state index in [1.807, 2.05) is 11.4 Å². The number of thiophene rings is 1. The zero-order valence-corrected chi connectivity index (χ0v) is 18.1. The van der Waals surface area contributed by atoms with Crippen LogP contribution in [0, 0.1) is 0 Å². The molecule has 1 atom stereocenters. The number of benzene rings is 1. The van der Waals surface area contributed by atoms with E-state index in [0.717, 1.165) is 25.9 Å². The van der Waals surface area contributed by atoms with Crippen molar-refractivity contribution < 1.29 is 17.6 Å². The van der Waals surface area contributed by atoms with Gasteiger partial charge in [0.05, 0.1) is 10.9 Å². The number of sulfone groups is 1. The summed E-state index contributed by atoms with van der Waals surface area (Å²) in [5.74, 6) is -0.420. The topological polar surface area (TPSA) is 79.6 Å². The molecule has 4 rings (SSSR count). The molecule has 0 saturated carbocycles. The second-order valence-electron chi connectivity index (χ2n) is 7.27. The lowest BCUT2D eigenvalue weighted by atomic mass is 10.1. The van der Waals surface area contributed by atoms with E-state index in [0.29, 0.717) is 6.54 Å². The number of furan rings is 1. The Morgan fingerprint density at radius 3 is 2.50 bits per heavy atom.